The molecule has 0 heterocycles. The van der Waals surface area contributed by atoms with Gasteiger partial charge >= 0.3 is 46.9 Å². The molecule has 550 valence electrons. The fourth-order valence-corrected chi connectivity index (χ4v) is 11.9. The van der Waals surface area contributed by atoms with Crippen LogP contribution in [0.2, 0.25) is 30.1 Å². The third-order valence-corrected chi connectivity index (χ3v) is 19.2. The number of ether oxygens (including phenoxy) is 4. The second-order valence-electron chi connectivity index (χ2n) is 23.7. The number of carbonyl (C=O) groups excluding carboxylic acids is 5. The maximum absolute atomic E-state index is 13.3. The van der Waals surface area contributed by atoms with Crippen molar-refractivity contribution in [2.45, 2.75) is 136 Å². The van der Waals surface area contributed by atoms with E-state index in [1.165, 1.54) is 77.0 Å². The van der Waals surface area contributed by atoms with E-state index in [1.54, 1.807) is 36.4 Å². The Morgan fingerprint density at radius 3 is 0.990 bits per heavy atom. The standard InChI is InChI=1S/C12H12ClFO3.2C12H12ClFO2.2C11H12ClFO.C6H3ClF.C6H8O3.4CH4.BrH.Mg.H2/c1-17-11(15)7-5-12(16,6-7)8-2-3-9(13)10(14)4-8;2*1-16-12(15)9-4-8(5-9)7-2-3-10(13)11(14)6-7;2*12-10-2-1-8(5-11(10)13)9-3-7(4-9)6-14;7-5-3-1-2-4-6(5)8;1-9-6(8)4-2-5(7)3-4;;;;;;;/h2-4,7,16H,5-6H2,1H3;2*2-3,6,8-9H,4-5H2,1H3;2*1-2,5,7,9,14H,3-4,6H2;1,3-4H;4H,2-3H2,1H3;4*1H4;1H;;1H/q;;;;;-1;;;;;;;+2;/p-1/i;;;;;;;;;;;;;1+1. The van der Waals surface area contributed by atoms with Crippen LogP contribution in [0.5, 0.6) is 0 Å². The van der Waals surface area contributed by atoms with Crippen molar-refractivity contribution >= 4 is 122 Å². The molecule has 0 amide bonds. The monoisotopic (exact) mass is 1600 g/mol. The predicted molar refractivity (Wildman–Crippen MR) is 381 cm³/mol. The second kappa shape index (κ2) is 45.5. The summed E-state index contributed by atoms with van der Waals surface area (Å²) in [6.07, 6.45) is 8.01. The van der Waals surface area contributed by atoms with Crippen molar-refractivity contribution < 1.29 is 103 Å². The average Bonchev–Trinajstić information content (AvgIpc) is 0.765. The first-order valence-corrected chi connectivity index (χ1v) is 32.2. The van der Waals surface area contributed by atoms with E-state index in [4.69, 9.17) is 79.8 Å². The van der Waals surface area contributed by atoms with Gasteiger partial charge in [0, 0.05) is 33.3 Å². The normalized spacial score (nSPS) is 21.9. The Labute approximate surface area is 641 Å². The fraction of sp³-hybridized carbons (Fsp3) is 0.446. The molecule has 100 heavy (non-hydrogen) atoms. The van der Waals surface area contributed by atoms with Crippen molar-refractivity contribution in [3.05, 3.63) is 208 Å². The van der Waals surface area contributed by atoms with Gasteiger partial charge in [0.05, 0.1) is 82.8 Å². The van der Waals surface area contributed by atoms with E-state index in [2.05, 4.69) is 25.0 Å². The minimum atomic E-state index is -1.15. The molecule has 6 aromatic carbocycles. The number of rotatable bonds is 11. The molecule has 3 N–H and O–H groups in total. The van der Waals surface area contributed by atoms with Crippen LogP contribution in [0.25, 0.3) is 0 Å². The van der Waals surface area contributed by atoms with Crippen LogP contribution < -0.4 is 17.0 Å². The molecule has 0 spiro atoms. The summed E-state index contributed by atoms with van der Waals surface area (Å²) in [5, 5.41) is 28.7. The summed E-state index contributed by atoms with van der Waals surface area (Å²) in [5.41, 5.74) is 3.10. The summed E-state index contributed by atoms with van der Waals surface area (Å²) in [6.45, 7) is 0.485. The fourth-order valence-electron chi connectivity index (χ4n) is 11.2. The van der Waals surface area contributed by atoms with Crippen molar-refractivity contribution in [1.29, 1.82) is 0 Å². The van der Waals surface area contributed by atoms with Crippen LogP contribution in [-0.4, -0.2) is 110 Å². The zero-order chi connectivity index (χ0) is 69.1. The quantitative estimate of drug-likeness (QED) is 0.0367. The van der Waals surface area contributed by atoms with Crippen molar-refractivity contribution in [3.8, 4) is 0 Å². The maximum Gasteiger partial charge on any atom is 2.00 e. The van der Waals surface area contributed by atoms with Gasteiger partial charge in [-0.05, 0) is 193 Å². The van der Waals surface area contributed by atoms with E-state index in [9.17, 15) is 55.4 Å². The topological polar surface area (TPSA) is 183 Å². The molecule has 12 rings (SSSR count). The Kier molecular flexibility index (Phi) is 43.4. The molecule has 0 aliphatic heterocycles. The Balaban J connectivity index is 0. The van der Waals surface area contributed by atoms with Gasteiger partial charge in [0.1, 0.15) is 34.9 Å². The average molecular weight is 1600 g/mol. The minimum absolute atomic E-state index is 0. The van der Waals surface area contributed by atoms with Gasteiger partial charge in [-0.25, -0.2) is 22.0 Å². The molecule has 0 atom stereocenters. The molecule has 6 fully saturated rings. The number of Topliss-reactive ketones (excluding diaryl/α,β-unsaturated/α-hetero) is 1. The number of aliphatic hydroxyl groups is 3. The van der Waals surface area contributed by atoms with Crippen LogP contribution in [0.1, 0.15) is 160 Å². The number of ketones is 1. The van der Waals surface area contributed by atoms with E-state index in [0.717, 1.165) is 73.6 Å². The van der Waals surface area contributed by atoms with E-state index in [0.29, 0.717) is 42.1 Å². The molecule has 0 unspecified atom stereocenters. The molecule has 6 aromatic rings. The zero-order valence-corrected chi connectivity index (χ0v) is 60.2. The number of hydrogen-bond acceptors (Lipinski definition) is 12. The second-order valence-corrected chi connectivity index (χ2v) is 26.1. The Morgan fingerprint density at radius 2 is 0.730 bits per heavy atom. The SMILES string of the molecule is C.C.C.C.COC(=O)C1CC(=O)C1.COC(=O)C1CC(O)(c2ccc(Cl)c(F)c2)C1.COC(=O)C1CC(c2ccc(Cl)c(F)c2)C1.COC(=O)C1CC(c2ccc(Cl)c(F)c2)C1.Fc1c[c-]ccc1Cl.OCC1CC(c2ccc(Cl)c(F)c2)C1.OCC1CC(c2ccc(Cl)c(F)c2)C1.[2HH].[Br-].[Mg+2]. The first-order valence-electron chi connectivity index (χ1n) is 30.0. The molecule has 0 saturated heterocycles. The number of aliphatic hydroxyl groups excluding tert-OH is 2. The van der Waals surface area contributed by atoms with Gasteiger partial charge in [-0.2, -0.15) is 12.1 Å². The van der Waals surface area contributed by atoms with Gasteiger partial charge in [0.25, 0.3) is 0 Å². The Morgan fingerprint density at radius 1 is 0.450 bits per heavy atom. The van der Waals surface area contributed by atoms with Crippen molar-refractivity contribution in [2.24, 2.45) is 35.5 Å². The molecule has 26 heteroatoms. The molecule has 0 radical (unpaired) electrons. The van der Waals surface area contributed by atoms with E-state index in [-0.39, 0.29) is 204 Å². The summed E-state index contributed by atoms with van der Waals surface area (Å²) < 4.78 is 96.3. The molecule has 6 aliphatic carbocycles. The largest absolute Gasteiger partial charge is 2.00 e. The van der Waals surface area contributed by atoms with Gasteiger partial charge in [-0.1, -0.05) is 118 Å². The predicted octanol–water partition coefficient (Wildman–Crippen LogP) is 16.3. The first-order chi connectivity index (χ1) is 44.6. The maximum atomic E-state index is 13.3. The molecular weight excluding hydrogens is 1510 g/mol. The van der Waals surface area contributed by atoms with Gasteiger partial charge in [0.2, 0.25) is 0 Å². The molecular formula is C74H89BrCl6F6MgO12. The zero-order valence-electron chi connectivity index (χ0n) is 52.7. The summed E-state index contributed by atoms with van der Waals surface area (Å²) in [5.74, 6) is -1.71. The number of methoxy groups -OCH3 is 4. The van der Waals surface area contributed by atoms with E-state index >= 15 is 0 Å². The summed E-state index contributed by atoms with van der Waals surface area (Å²) in [4.78, 5) is 54.4. The molecule has 6 aliphatic rings. The van der Waals surface area contributed by atoms with Crippen LogP contribution in [0, 0.1) is 76.5 Å². The van der Waals surface area contributed by atoms with Gasteiger partial charge in [-0.15, -0.1) is 23.7 Å². The van der Waals surface area contributed by atoms with Crippen LogP contribution in [-0.2, 0) is 48.5 Å². The number of halogens is 13. The molecule has 0 bridgehead atoms. The van der Waals surface area contributed by atoms with E-state index < -0.39 is 28.9 Å². The Bertz CT molecular complexity index is 3410. The first kappa shape index (κ1) is 95.3. The van der Waals surface area contributed by atoms with Gasteiger partial charge in [-0.3, -0.25) is 28.4 Å². The molecule has 0 aromatic heterocycles. The third-order valence-electron chi connectivity index (χ3n) is 17.4. The van der Waals surface area contributed by atoms with E-state index in [1.807, 2.05) is 24.3 Å². The van der Waals surface area contributed by atoms with Crippen LogP contribution in [0.15, 0.2) is 109 Å². The van der Waals surface area contributed by atoms with Crippen LogP contribution in [0.4, 0.5) is 26.3 Å². The summed E-state index contributed by atoms with van der Waals surface area (Å²) in [6, 6.07) is 30.5. The van der Waals surface area contributed by atoms with Crippen LogP contribution in [0.3, 0.4) is 0 Å². The third kappa shape index (κ3) is 27.1. The van der Waals surface area contributed by atoms with Crippen LogP contribution >= 0.6 is 69.6 Å². The number of esters is 4. The van der Waals surface area contributed by atoms with Gasteiger partial charge < -0.3 is 51.2 Å². The number of carbonyl (C=O) groups is 5. The summed E-state index contributed by atoms with van der Waals surface area (Å²) >= 11 is 33.2. The molecule has 12 nitrogen and oxygen atoms in total. The number of benzene rings is 6. The molecule has 6 saturated carbocycles. The minimum Gasteiger partial charge on any atom is -1.00 e. The smallest absolute Gasteiger partial charge is 1.00 e. The summed E-state index contributed by atoms with van der Waals surface area (Å²) in [7, 11) is 5.42. The Hall–Kier alpha value is -4.68. The van der Waals surface area contributed by atoms with Gasteiger partial charge in [0.15, 0.2) is 0 Å². The number of hydrogen-bond donors (Lipinski definition) is 3. The van der Waals surface area contributed by atoms with Crippen molar-refractivity contribution in [3.63, 3.8) is 0 Å². The van der Waals surface area contributed by atoms with Crippen molar-refractivity contribution in [1.82, 2.24) is 0 Å². The van der Waals surface area contributed by atoms with Crippen molar-refractivity contribution in [2.75, 3.05) is 41.7 Å².